The van der Waals surface area contributed by atoms with E-state index in [0.29, 0.717) is 0 Å². The van der Waals surface area contributed by atoms with E-state index in [2.05, 4.69) is 4.40 Å². The molecule has 0 N–H and O–H groups in total. The fourth-order valence-electron chi connectivity index (χ4n) is 2.05. The maximum Gasteiger partial charge on any atom is 0.282 e. The van der Waals surface area contributed by atoms with Gasteiger partial charge in [0.15, 0.2) is 0 Å². The van der Waals surface area contributed by atoms with E-state index in [0.717, 1.165) is 24.3 Å². The van der Waals surface area contributed by atoms with E-state index in [4.69, 9.17) is 5.26 Å². The van der Waals surface area contributed by atoms with Crippen molar-refractivity contribution >= 4 is 15.7 Å². The monoisotopic (exact) mass is 360 g/mol. The third-order valence-electron chi connectivity index (χ3n) is 3.37. The normalized spacial score (nSPS) is 17.4. The summed E-state index contributed by atoms with van der Waals surface area (Å²) < 4.78 is 41.4. The molecule has 0 bridgehead atoms. The van der Waals surface area contributed by atoms with Gasteiger partial charge < -0.3 is 10.0 Å². The summed E-state index contributed by atoms with van der Waals surface area (Å²) in [5.74, 6) is -1.00. The second kappa shape index (κ2) is 7.77. The summed E-state index contributed by atoms with van der Waals surface area (Å²) in [4.78, 5) is 1.15. The molecule has 130 valence electrons. The molecule has 0 saturated heterocycles. The lowest BCUT2D eigenvalue weighted by atomic mass is 10.1. The Bertz CT molecular complexity index is 907. The number of nitrogens with zero attached hydrogens (tertiary/aromatic N) is 3. The van der Waals surface area contributed by atoms with Crippen LogP contribution in [0.3, 0.4) is 0 Å². The molecule has 6 nitrogen and oxygen atoms in total. The zero-order valence-electron chi connectivity index (χ0n) is 13.4. The number of rotatable bonds is 5. The highest BCUT2D eigenvalue weighted by Gasteiger charge is 2.16. The molecular formula is C17H15FN3O3S-. The van der Waals surface area contributed by atoms with E-state index in [1.54, 1.807) is 12.2 Å². The molecule has 0 unspecified atom stereocenters. The Labute approximate surface area is 145 Å². The molecule has 1 aliphatic carbocycles. The van der Waals surface area contributed by atoms with Crippen LogP contribution in [-0.4, -0.2) is 32.6 Å². The van der Waals surface area contributed by atoms with Crippen molar-refractivity contribution in [2.45, 2.75) is 11.3 Å². The quantitative estimate of drug-likeness (QED) is 0.741. The third kappa shape index (κ3) is 4.55. The molecule has 0 amide bonds. The number of halogens is 1. The van der Waals surface area contributed by atoms with Crippen LogP contribution < -0.4 is 5.11 Å². The van der Waals surface area contributed by atoms with Crippen molar-refractivity contribution in [3.05, 3.63) is 65.8 Å². The van der Waals surface area contributed by atoms with Gasteiger partial charge in [-0.05, 0) is 36.2 Å². The molecule has 0 saturated carbocycles. The fourth-order valence-corrected chi connectivity index (χ4v) is 3.05. The first kappa shape index (κ1) is 18.4. The van der Waals surface area contributed by atoms with Crippen LogP contribution in [0.1, 0.15) is 6.42 Å². The van der Waals surface area contributed by atoms with Crippen molar-refractivity contribution in [2.75, 3.05) is 13.6 Å². The zero-order valence-corrected chi connectivity index (χ0v) is 14.2. The average molecular weight is 360 g/mol. The molecule has 0 heterocycles. The van der Waals surface area contributed by atoms with Gasteiger partial charge in [0.05, 0.1) is 23.1 Å². The van der Waals surface area contributed by atoms with Crippen LogP contribution in [0.4, 0.5) is 4.39 Å². The lowest BCUT2D eigenvalue weighted by Crippen LogP contribution is -2.30. The Kier molecular flexibility index (Phi) is 5.72. The molecule has 1 aliphatic rings. The highest BCUT2D eigenvalue weighted by atomic mass is 32.2. The van der Waals surface area contributed by atoms with Gasteiger partial charge in [-0.25, -0.2) is 4.39 Å². The number of hydrogen-bond acceptors (Lipinski definition) is 5. The molecule has 8 heteroatoms. The van der Waals surface area contributed by atoms with Gasteiger partial charge in [0, 0.05) is 19.2 Å². The molecule has 25 heavy (non-hydrogen) atoms. The molecule has 0 atom stereocenters. The van der Waals surface area contributed by atoms with Gasteiger partial charge in [0.2, 0.25) is 0 Å². The van der Waals surface area contributed by atoms with Crippen molar-refractivity contribution in [3.8, 4) is 6.07 Å². The SMILES string of the molecule is CN(CCC#N)C([O-])=C1C=CC=CC1=NS(=O)(=O)c1ccc(F)cc1. The maximum absolute atomic E-state index is 13.0. The van der Waals surface area contributed by atoms with Gasteiger partial charge in [0.25, 0.3) is 10.0 Å². The van der Waals surface area contributed by atoms with Gasteiger partial charge in [-0.3, -0.25) is 0 Å². The van der Waals surface area contributed by atoms with Gasteiger partial charge in [-0.1, -0.05) is 18.2 Å². The number of benzene rings is 1. The molecule has 1 aromatic carbocycles. The molecule has 1 aromatic rings. The van der Waals surface area contributed by atoms with E-state index in [9.17, 15) is 17.9 Å². The minimum Gasteiger partial charge on any atom is -0.860 e. The summed E-state index contributed by atoms with van der Waals surface area (Å²) >= 11 is 0. The van der Waals surface area contributed by atoms with Gasteiger partial charge in [-0.2, -0.15) is 18.1 Å². The Balaban J connectivity index is 2.42. The van der Waals surface area contributed by atoms with Crippen LogP contribution in [0.5, 0.6) is 0 Å². The lowest BCUT2D eigenvalue weighted by molar-refractivity contribution is -0.331. The molecule has 0 radical (unpaired) electrons. The first-order valence-electron chi connectivity index (χ1n) is 7.30. The molecule has 0 aromatic heterocycles. The topological polar surface area (TPSA) is 96.6 Å². The highest BCUT2D eigenvalue weighted by molar-refractivity contribution is 7.90. The van der Waals surface area contributed by atoms with E-state index in [1.807, 2.05) is 6.07 Å². The van der Waals surface area contributed by atoms with Crippen molar-refractivity contribution in [3.63, 3.8) is 0 Å². The van der Waals surface area contributed by atoms with E-state index < -0.39 is 21.7 Å². The Hall–Kier alpha value is -2.92. The fraction of sp³-hybridized carbons (Fsp3) is 0.176. The standard InChI is InChI=1S/C17H16FN3O3S/c1-21(12-4-11-19)17(22)15-5-2-3-6-16(15)20-25(23,24)14-9-7-13(18)8-10-14/h2-3,5-10,22H,4,12H2,1H3/p-1. The summed E-state index contributed by atoms with van der Waals surface area (Å²) in [7, 11) is -2.57. The molecule has 2 rings (SSSR count). The smallest absolute Gasteiger partial charge is 0.282 e. The molecular weight excluding hydrogens is 345 g/mol. The van der Waals surface area contributed by atoms with Crippen molar-refractivity contribution < 1.29 is 17.9 Å². The van der Waals surface area contributed by atoms with E-state index >= 15 is 0 Å². The maximum atomic E-state index is 13.0. The minimum absolute atomic E-state index is 0.0133. The summed E-state index contributed by atoms with van der Waals surface area (Å²) in [5, 5.41) is 21.1. The zero-order chi connectivity index (χ0) is 18.4. The van der Waals surface area contributed by atoms with E-state index in [1.165, 1.54) is 24.1 Å². The summed E-state index contributed by atoms with van der Waals surface area (Å²) in [6.07, 6.45) is 6.19. The first-order chi connectivity index (χ1) is 11.8. The highest BCUT2D eigenvalue weighted by Crippen LogP contribution is 2.18. The number of nitriles is 1. The van der Waals surface area contributed by atoms with Crippen LogP contribution in [0.2, 0.25) is 0 Å². The largest absolute Gasteiger partial charge is 0.860 e. The Morgan fingerprint density at radius 2 is 1.92 bits per heavy atom. The van der Waals surface area contributed by atoms with Crippen LogP contribution in [0.15, 0.2) is 69.3 Å². The van der Waals surface area contributed by atoms with Gasteiger partial charge in [0.1, 0.15) is 5.82 Å². The Morgan fingerprint density at radius 1 is 1.28 bits per heavy atom. The predicted molar refractivity (Wildman–Crippen MR) is 89.2 cm³/mol. The van der Waals surface area contributed by atoms with E-state index in [-0.39, 0.29) is 29.1 Å². The van der Waals surface area contributed by atoms with Gasteiger partial charge in [-0.15, -0.1) is 0 Å². The van der Waals surface area contributed by atoms with Crippen LogP contribution >= 0.6 is 0 Å². The van der Waals surface area contributed by atoms with Crippen molar-refractivity contribution in [1.82, 2.24) is 4.90 Å². The minimum atomic E-state index is -4.09. The second-order valence-electron chi connectivity index (χ2n) is 5.17. The summed E-state index contributed by atoms with van der Waals surface area (Å²) in [6, 6.07) is 6.20. The molecule has 0 aliphatic heterocycles. The average Bonchev–Trinajstić information content (AvgIpc) is 2.59. The van der Waals surface area contributed by atoms with Gasteiger partial charge >= 0.3 is 0 Å². The van der Waals surface area contributed by atoms with Crippen molar-refractivity contribution in [1.29, 1.82) is 5.26 Å². The van der Waals surface area contributed by atoms with Crippen LogP contribution in [0, 0.1) is 17.1 Å². The lowest BCUT2D eigenvalue weighted by Gasteiger charge is -2.29. The van der Waals surface area contributed by atoms with Crippen molar-refractivity contribution in [2.24, 2.45) is 4.40 Å². The number of sulfonamides is 1. The number of hydrogen-bond donors (Lipinski definition) is 0. The summed E-state index contributed by atoms with van der Waals surface area (Å²) in [6.45, 7) is 0.217. The number of allylic oxidation sites excluding steroid dienone is 5. The first-order valence-corrected chi connectivity index (χ1v) is 8.74. The summed E-state index contributed by atoms with van der Waals surface area (Å²) in [5.41, 5.74) is 0.0919. The second-order valence-corrected chi connectivity index (χ2v) is 6.78. The van der Waals surface area contributed by atoms with Crippen LogP contribution in [-0.2, 0) is 10.0 Å². The molecule has 0 fully saturated rings. The van der Waals surface area contributed by atoms with Crippen LogP contribution in [0.25, 0.3) is 0 Å². The predicted octanol–water partition coefficient (Wildman–Crippen LogP) is 1.50. The third-order valence-corrected chi connectivity index (χ3v) is 4.68. The Morgan fingerprint density at radius 3 is 2.56 bits per heavy atom. The molecule has 0 spiro atoms.